The summed E-state index contributed by atoms with van der Waals surface area (Å²) in [6.45, 7) is 2.52. The predicted molar refractivity (Wildman–Crippen MR) is 98.8 cm³/mol. The lowest BCUT2D eigenvalue weighted by Gasteiger charge is -2.18. The second-order valence-corrected chi connectivity index (χ2v) is 8.37. The van der Waals surface area contributed by atoms with E-state index in [9.17, 15) is 9.00 Å². The Bertz CT molecular complexity index is 736. The third-order valence-electron chi connectivity index (χ3n) is 4.36. The van der Waals surface area contributed by atoms with E-state index in [2.05, 4.69) is 9.71 Å². The van der Waals surface area contributed by atoms with Crippen LogP contribution < -0.4 is 4.72 Å². The minimum Gasteiger partial charge on any atom is -0.298 e. The second kappa shape index (κ2) is 8.14. The van der Waals surface area contributed by atoms with E-state index in [1.165, 1.54) is 37.1 Å². The molecule has 1 fully saturated rings. The van der Waals surface area contributed by atoms with Gasteiger partial charge in [-0.15, -0.1) is 11.3 Å². The van der Waals surface area contributed by atoms with Gasteiger partial charge in [0, 0.05) is 29.8 Å². The van der Waals surface area contributed by atoms with Gasteiger partial charge in [-0.05, 0) is 18.9 Å². The highest BCUT2D eigenvalue weighted by atomic mass is 32.2. The number of carbonyl (C=O) groups excluding carboxylic acids is 1. The Balaban J connectivity index is 1.94. The van der Waals surface area contributed by atoms with Crippen LogP contribution >= 0.6 is 11.3 Å². The number of aldehydes is 1. The van der Waals surface area contributed by atoms with Crippen molar-refractivity contribution in [1.29, 1.82) is 0 Å². The van der Waals surface area contributed by atoms with Gasteiger partial charge in [-0.3, -0.25) is 4.79 Å². The highest BCUT2D eigenvalue weighted by Gasteiger charge is 2.20. The fourth-order valence-corrected chi connectivity index (χ4v) is 5.36. The molecule has 1 N–H and O–H groups in total. The Kier molecular flexibility index (Phi) is 5.92. The summed E-state index contributed by atoms with van der Waals surface area (Å²) >= 11 is 1.69. The molecule has 1 saturated carbocycles. The molecule has 3 rings (SSSR count). The first-order chi connectivity index (χ1) is 11.7. The fourth-order valence-electron chi connectivity index (χ4n) is 3.13. The Hall–Kier alpha value is -1.37. The molecule has 1 aromatic carbocycles. The van der Waals surface area contributed by atoms with Gasteiger partial charge >= 0.3 is 0 Å². The van der Waals surface area contributed by atoms with E-state index in [4.69, 9.17) is 0 Å². The number of nitrogens with one attached hydrogen (secondary N) is 1. The van der Waals surface area contributed by atoms with Gasteiger partial charge in [0.1, 0.15) is 17.3 Å². The average Bonchev–Trinajstić information content (AvgIpc) is 3.12. The van der Waals surface area contributed by atoms with E-state index < -0.39 is 11.0 Å². The Morgan fingerprint density at radius 1 is 1.33 bits per heavy atom. The van der Waals surface area contributed by atoms with Crippen LogP contribution in [0, 0.1) is 0 Å². The number of hydrogen-bond acceptors (Lipinski definition) is 4. The first-order valence-corrected chi connectivity index (χ1v) is 10.4. The van der Waals surface area contributed by atoms with Crippen LogP contribution in [-0.2, 0) is 11.0 Å². The molecule has 1 aromatic heterocycles. The Labute approximate surface area is 149 Å². The summed E-state index contributed by atoms with van der Waals surface area (Å²) in [4.78, 5) is 17.4. The number of aromatic nitrogens is 1. The minimum atomic E-state index is -1.33. The standard InChI is InChI=1S/C18H22N2O2S2/c1-2-20-24(22)17-10-13(12-21)8-9-15(17)16-11-19-18(23-16)14-6-4-3-5-7-14/h8-12,14,20H,2-7H2,1H3. The number of hydrogen-bond donors (Lipinski definition) is 1. The third kappa shape index (κ3) is 3.82. The molecule has 1 heterocycles. The van der Waals surface area contributed by atoms with Gasteiger partial charge in [-0.1, -0.05) is 38.3 Å². The molecule has 4 nitrogen and oxygen atoms in total. The number of rotatable bonds is 6. The zero-order valence-electron chi connectivity index (χ0n) is 13.8. The molecular formula is C18H22N2O2S2. The summed E-state index contributed by atoms with van der Waals surface area (Å²) in [5.41, 5.74) is 1.44. The van der Waals surface area contributed by atoms with Gasteiger partial charge in [-0.25, -0.2) is 13.9 Å². The van der Waals surface area contributed by atoms with Crippen molar-refractivity contribution in [2.24, 2.45) is 0 Å². The maximum Gasteiger partial charge on any atom is 0.150 e. The first-order valence-electron chi connectivity index (χ1n) is 8.43. The maximum atomic E-state index is 12.5. The van der Waals surface area contributed by atoms with Crippen LogP contribution in [0.15, 0.2) is 29.3 Å². The molecule has 0 spiro atoms. The van der Waals surface area contributed by atoms with Crippen LogP contribution in [0.2, 0.25) is 0 Å². The Morgan fingerprint density at radius 2 is 2.12 bits per heavy atom. The lowest BCUT2D eigenvalue weighted by Crippen LogP contribution is -2.17. The van der Waals surface area contributed by atoms with Gasteiger partial charge in [0.2, 0.25) is 0 Å². The summed E-state index contributed by atoms with van der Waals surface area (Å²) in [5, 5.41) is 1.18. The molecule has 1 aliphatic rings. The van der Waals surface area contributed by atoms with E-state index in [1.807, 2.05) is 19.2 Å². The van der Waals surface area contributed by atoms with Gasteiger partial charge in [0.25, 0.3) is 0 Å². The lowest BCUT2D eigenvalue weighted by atomic mass is 9.90. The van der Waals surface area contributed by atoms with Crippen molar-refractivity contribution < 1.29 is 9.00 Å². The van der Waals surface area contributed by atoms with Crippen molar-refractivity contribution in [1.82, 2.24) is 9.71 Å². The van der Waals surface area contributed by atoms with Crippen molar-refractivity contribution in [3.05, 3.63) is 35.0 Å². The van der Waals surface area contributed by atoms with E-state index in [0.29, 0.717) is 22.9 Å². The van der Waals surface area contributed by atoms with Crippen LogP contribution in [0.5, 0.6) is 0 Å². The molecule has 1 aliphatic carbocycles. The number of thiazole rings is 1. The first kappa shape index (κ1) is 17.5. The van der Waals surface area contributed by atoms with E-state index in [0.717, 1.165) is 16.7 Å². The molecule has 0 aliphatic heterocycles. The zero-order valence-corrected chi connectivity index (χ0v) is 15.4. The fraction of sp³-hybridized carbons (Fsp3) is 0.444. The van der Waals surface area contributed by atoms with Crippen molar-refractivity contribution >= 4 is 28.6 Å². The number of benzene rings is 1. The molecule has 1 atom stereocenters. The predicted octanol–water partition coefficient (Wildman–Crippen LogP) is 4.30. The normalized spacial score (nSPS) is 16.9. The van der Waals surface area contributed by atoms with Gasteiger partial charge in [-0.2, -0.15) is 0 Å². The highest BCUT2D eigenvalue weighted by Crippen LogP contribution is 2.38. The SMILES string of the molecule is CCNS(=O)c1cc(C=O)ccc1-c1cnc(C2CCCCC2)s1. The average molecular weight is 363 g/mol. The Morgan fingerprint density at radius 3 is 2.83 bits per heavy atom. The molecule has 2 aromatic rings. The molecule has 0 radical (unpaired) electrons. The minimum absolute atomic E-state index is 0.539. The van der Waals surface area contributed by atoms with Crippen LogP contribution in [0.25, 0.3) is 10.4 Å². The monoisotopic (exact) mass is 362 g/mol. The van der Waals surface area contributed by atoms with Crippen molar-refractivity contribution in [2.75, 3.05) is 6.54 Å². The lowest BCUT2D eigenvalue weighted by molar-refractivity contribution is 0.112. The second-order valence-electron chi connectivity index (χ2n) is 6.04. The van der Waals surface area contributed by atoms with E-state index in [-0.39, 0.29) is 0 Å². The van der Waals surface area contributed by atoms with E-state index in [1.54, 1.807) is 23.5 Å². The topological polar surface area (TPSA) is 59.1 Å². The summed E-state index contributed by atoms with van der Waals surface area (Å²) in [5.74, 6) is 0.564. The molecule has 6 heteroatoms. The van der Waals surface area contributed by atoms with Gasteiger partial charge in [0.05, 0.1) is 14.8 Å². The van der Waals surface area contributed by atoms with Gasteiger partial charge in [0.15, 0.2) is 0 Å². The third-order valence-corrected chi connectivity index (χ3v) is 6.84. The molecule has 1 unspecified atom stereocenters. The van der Waals surface area contributed by atoms with Gasteiger partial charge < -0.3 is 0 Å². The van der Waals surface area contributed by atoms with Crippen LogP contribution in [0.3, 0.4) is 0 Å². The van der Waals surface area contributed by atoms with Crippen molar-refractivity contribution in [3.63, 3.8) is 0 Å². The van der Waals surface area contributed by atoms with Crippen LogP contribution in [-0.4, -0.2) is 22.0 Å². The highest BCUT2D eigenvalue weighted by molar-refractivity contribution is 7.83. The molecule has 24 heavy (non-hydrogen) atoms. The zero-order chi connectivity index (χ0) is 16.9. The number of nitrogens with zero attached hydrogens (tertiary/aromatic N) is 1. The molecule has 0 bridgehead atoms. The summed E-state index contributed by atoms with van der Waals surface area (Å²) in [6, 6.07) is 5.36. The van der Waals surface area contributed by atoms with Crippen molar-refractivity contribution in [2.45, 2.75) is 49.8 Å². The van der Waals surface area contributed by atoms with E-state index >= 15 is 0 Å². The number of carbonyl (C=O) groups is 1. The molecule has 0 saturated heterocycles. The van der Waals surface area contributed by atoms with Crippen molar-refractivity contribution in [3.8, 4) is 10.4 Å². The van der Waals surface area contributed by atoms with Crippen LogP contribution in [0.1, 0.15) is 60.3 Å². The largest absolute Gasteiger partial charge is 0.298 e. The summed E-state index contributed by atoms with van der Waals surface area (Å²) in [6.07, 6.45) is 8.99. The summed E-state index contributed by atoms with van der Waals surface area (Å²) < 4.78 is 15.4. The molecule has 128 valence electrons. The smallest absolute Gasteiger partial charge is 0.150 e. The summed E-state index contributed by atoms with van der Waals surface area (Å²) in [7, 11) is -1.33. The molecule has 0 amide bonds. The maximum absolute atomic E-state index is 12.5. The molecular weight excluding hydrogens is 340 g/mol. The van der Waals surface area contributed by atoms with Crippen LogP contribution in [0.4, 0.5) is 0 Å². The quantitative estimate of drug-likeness (QED) is 0.779.